The molecule has 0 aliphatic heterocycles. The number of rotatable bonds is 8. The van der Waals surface area contributed by atoms with E-state index < -0.39 is 0 Å². The Bertz CT molecular complexity index is 146. The van der Waals surface area contributed by atoms with Crippen molar-refractivity contribution in [2.45, 2.75) is 78.6 Å². The molecule has 0 heterocycles. The third-order valence-electron chi connectivity index (χ3n) is 3.72. The number of hydrogen-bond acceptors (Lipinski definition) is 0. The fraction of sp³-hybridized carbons (Fsp3) is 1.00. The maximum atomic E-state index is 2.53. The van der Waals surface area contributed by atoms with Crippen molar-refractivity contribution >= 4 is 0 Å². The fourth-order valence-corrected chi connectivity index (χ4v) is 2.75. The van der Waals surface area contributed by atoms with Gasteiger partial charge in [0.2, 0.25) is 0 Å². The Balaban J connectivity index is 2.26. The van der Waals surface area contributed by atoms with Crippen LogP contribution in [0.5, 0.6) is 0 Å². The van der Waals surface area contributed by atoms with Gasteiger partial charge in [-0.1, -0.05) is 59.3 Å². The van der Waals surface area contributed by atoms with E-state index in [9.17, 15) is 0 Å². The van der Waals surface area contributed by atoms with Crippen LogP contribution < -0.4 is 0 Å². The van der Waals surface area contributed by atoms with Gasteiger partial charge in [0.05, 0.1) is 0 Å². The summed E-state index contributed by atoms with van der Waals surface area (Å²) in [6.07, 6.45) is 13.1. The van der Waals surface area contributed by atoms with Crippen molar-refractivity contribution in [3.8, 4) is 0 Å². The Morgan fingerprint density at radius 3 is 2.21 bits per heavy atom. The summed E-state index contributed by atoms with van der Waals surface area (Å²) in [4.78, 5) is 0. The van der Waals surface area contributed by atoms with Gasteiger partial charge < -0.3 is 0 Å². The summed E-state index contributed by atoms with van der Waals surface area (Å²) in [5, 5.41) is 0. The molecule has 0 spiro atoms. The zero-order chi connectivity index (χ0) is 10.4. The van der Waals surface area contributed by atoms with E-state index in [0.717, 1.165) is 5.92 Å². The summed E-state index contributed by atoms with van der Waals surface area (Å²) in [6, 6.07) is 0. The van der Waals surface area contributed by atoms with Crippen molar-refractivity contribution in [3.63, 3.8) is 0 Å². The molecular formula is C14H28. The Labute approximate surface area is 90.5 Å². The predicted octanol–water partition coefficient (Wildman–Crippen LogP) is 5.17. The molecule has 1 atom stereocenters. The molecule has 1 saturated carbocycles. The van der Waals surface area contributed by atoms with Crippen molar-refractivity contribution < 1.29 is 0 Å². The van der Waals surface area contributed by atoms with E-state index in [-0.39, 0.29) is 0 Å². The second-order valence-corrected chi connectivity index (χ2v) is 5.67. The molecule has 1 fully saturated rings. The van der Waals surface area contributed by atoms with Crippen LogP contribution in [0.2, 0.25) is 0 Å². The van der Waals surface area contributed by atoms with Crippen LogP contribution in [-0.2, 0) is 0 Å². The van der Waals surface area contributed by atoms with Crippen molar-refractivity contribution in [1.82, 2.24) is 0 Å². The summed E-state index contributed by atoms with van der Waals surface area (Å²) < 4.78 is 0. The molecule has 14 heavy (non-hydrogen) atoms. The van der Waals surface area contributed by atoms with Gasteiger partial charge in [0, 0.05) is 0 Å². The normalized spacial score (nSPS) is 20.8. The average Bonchev–Trinajstić information content (AvgIpc) is 2.89. The Morgan fingerprint density at radius 1 is 1.00 bits per heavy atom. The molecule has 1 aliphatic rings. The molecule has 0 aromatic rings. The smallest absolute Gasteiger partial charge is 0.0323 e. The number of hydrogen-bond donors (Lipinski definition) is 0. The van der Waals surface area contributed by atoms with Crippen molar-refractivity contribution in [2.75, 3.05) is 0 Å². The molecule has 1 rings (SSSR count). The summed E-state index contributed by atoms with van der Waals surface area (Å²) in [5.41, 5.74) is 0.686. The highest BCUT2D eigenvalue weighted by Gasteiger charge is 2.32. The molecule has 0 aromatic carbocycles. The summed E-state index contributed by atoms with van der Waals surface area (Å²) in [6.45, 7) is 7.17. The van der Waals surface area contributed by atoms with Crippen LogP contribution in [0.25, 0.3) is 0 Å². The van der Waals surface area contributed by atoms with Gasteiger partial charge in [-0.15, -0.1) is 0 Å². The Kier molecular flexibility index (Phi) is 4.98. The summed E-state index contributed by atoms with van der Waals surface area (Å²) in [7, 11) is 0. The van der Waals surface area contributed by atoms with Crippen LogP contribution in [0.3, 0.4) is 0 Å². The van der Waals surface area contributed by atoms with Gasteiger partial charge >= 0.3 is 0 Å². The van der Waals surface area contributed by atoms with Crippen molar-refractivity contribution in [2.24, 2.45) is 11.3 Å². The summed E-state index contributed by atoms with van der Waals surface area (Å²) >= 11 is 0. The quantitative estimate of drug-likeness (QED) is 0.470. The first-order valence-electron chi connectivity index (χ1n) is 6.70. The third-order valence-corrected chi connectivity index (χ3v) is 3.72. The lowest BCUT2D eigenvalue weighted by Crippen LogP contribution is -2.17. The van der Waals surface area contributed by atoms with Crippen LogP contribution >= 0.6 is 0 Å². The zero-order valence-electron chi connectivity index (χ0n) is 10.4. The lowest BCUT2D eigenvalue weighted by atomic mass is 9.76. The second kappa shape index (κ2) is 5.78. The Morgan fingerprint density at radius 2 is 1.71 bits per heavy atom. The third kappa shape index (κ3) is 4.48. The van der Waals surface area contributed by atoms with Crippen molar-refractivity contribution in [1.29, 1.82) is 0 Å². The average molecular weight is 196 g/mol. The lowest BCUT2D eigenvalue weighted by Gasteiger charge is -2.29. The van der Waals surface area contributed by atoms with Gasteiger partial charge in [-0.25, -0.2) is 0 Å². The number of unbranched alkanes of at least 4 members (excludes halogenated alkanes) is 2. The lowest BCUT2D eigenvalue weighted by molar-refractivity contribution is 0.225. The molecule has 0 nitrogen and oxygen atoms in total. The molecule has 1 aliphatic carbocycles. The molecule has 0 N–H and O–H groups in total. The molecule has 0 aromatic heterocycles. The van der Waals surface area contributed by atoms with Crippen LogP contribution in [-0.4, -0.2) is 0 Å². The second-order valence-electron chi connectivity index (χ2n) is 5.67. The molecule has 0 saturated heterocycles. The van der Waals surface area contributed by atoms with Gasteiger partial charge in [-0.05, 0) is 30.6 Å². The molecule has 0 heteroatoms. The molecule has 1 unspecified atom stereocenters. The minimum absolute atomic E-state index is 0.686. The van der Waals surface area contributed by atoms with Gasteiger partial charge in [0.1, 0.15) is 0 Å². The minimum Gasteiger partial charge on any atom is -0.0654 e. The van der Waals surface area contributed by atoms with E-state index in [4.69, 9.17) is 0 Å². The van der Waals surface area contributed by atoms with E-state index in [0.29, 0.717) is 5.41 Å². The maximum Gasteiger partial charge on any atom is -0.0323 e. The summed E-state index contributed by atoms with van der Waals surface area (Å²) in [5.74, 6) is 1.10. The van der Waals surface area contributed by atoms with Gasteiger partial charge in [0.15, 0.2) is 0 Å². The molecule has 84 valence electrons. The topological polar surface area (TPSA) is 0 Å². The van der Waals surface area contributed by atoms with Gasteiger partial charge in [0.25, 0.3) is 0 Å². The highest BCUT2D eigenvalue weighted by atomic mass is 14.4. The van der Waals surface area contributed by atoms with E-state index in [2.05, 4.69) is 20.8 Å². The maximum absolute atomic E-state index is 2.53. The first kappa shape index (κ1) is 12.1. The zero-order valence-corrected chi connectivity index (χ0v) is 10.4. The molecular weight excluding hydrogens is 168 g/mol. The standard InChI is InChI=1S/C14H28/c1-4-6-7-11-14(3,10-5-2)12-13-8-9-13/h13H,4-12H2,1-3H3. The minimum atomic E-state index is 0.686. The van der Waals surface area contributed by atoms with Crippen molar-refractivity contribution in [3.05, 3.63) is 0 Å². The highest BCUT2D eigenvalue weighted by molar-refractivity contribution is 4.83. The fourth-order valence-electron chi connectivity index (χ4n) is 2.75. The molecule has 0 radical (unpaired) electrons. The molecule has 0 bridgehead atoms. The van der Waals surface area contributed by atoms with Gasteiger partial charge in [-0.3, -0.25) is 0 Å². The van der Waals surface area contributed by atoms with Crippen LogP contribution in [0, 0.1) is 11.3 Å². The monoisotopic (exact) mass is 196 g/mol. The van der Waals surface area contributed by atoms with E-state index >= 15 is 0 Å². The molecule has 0 amide bonds. The van der Waals surface area contributed by atoms with Crippen LogP contribution in [0.1, 0.15) is 78.6 Å². The predicted molar refractivity (Wildman–Crippen MR) is 64.5 cm³/mol. The van der Waals surface area contributed by atoms with Crippen LogP contribution in [0.4, 0.5) is 0 Å². The first-order chi connectivity index (χ1) is 6.70. The van der Waals surface area contributed by atoms with E-state index in [1.54, 1.807) is 0 Å². The highest BCUT2D eigenvalue weighted by Crippen LogP contribution is 2.45. The van der Waals surface area contributed by atoms with Gasteiger partial charge in [-0.2, -0.15) is 0 Å². The first-order valence-corrected chi connectivity index (χ1v) is 6.70. The largest absolute Gasteiger partial charge is 0.0654 e. The van der Waals surface area contributed by atoms with E-state index in [1.165, 1.54) is 57.8 Å². The van der Waals surface area contributed by atoms with E-state index in [1.807, 2.05) is 0 Å². The SMILES string of the molecule is CCCCCC(C)(CCC)CC1CC1. The van der Waals surface area contributed by atoms with Crippen LogP contribution in [0.15, 0.2) is 0 Å². The Hall–Kier alpha value is 0.